The number of rotatable bonds is 5. The predicted octanol–water partition coefficient (Wildman–Crippen LogP) is 1.45. The summed E-state index contributed by atoms with van der Waals surface area (Å²) in [6.07, 6.45) is 4.47. The van der Waals surface area contributed by atoms with E-state index in [-0.39, 0.29) is 17.7 Å². The number of likely N-dealkylation sites (tertiary alicyclic amines) is 1. The summed E-state index contributed by atoms with van der Waals surface area (Å²) in [5.74, 6) is 0.776. The number of thiazole rings is 1. The number of carbonyl (C=O) groups excluding carboxylic acids is 2. The van der Waals surface area contributed by atoms with Gasteiger partial charge < -0.3 is 10.2 Å². The molecule has 1 N–H and O–H groups in total. The maximum absolute atomic E-state index is 12.1. The Kier molecular flexibility index (Phi) is 4.53. The minimum atomic E-state index is 0.0590. The van der Waals surface area contributed by atoms with Gasteiger partial charge in [-0.3, -0.25) is 9.59 Å². The van der Waals surface area contributed by atoms with E-state index in [0.717, 1.165) is 50.9 Å². The fraction of sp³-hybridized carbons (Fsp3) is 0.667. The van der Waals surface area contributed by atoms with E-state index in [1.54, 1.807) is 11.3 Å². The van der Waals surface area contributed by atoms with Crippen molar-refractivity contribution in [2.24, 2.45) is 11.8 Å². The minimum absolute atomic E-state index is 0.0590. The van der Waals surface area contributed by atoms with Gasteiger partial charge in [0.1, 0.15) is 0 Å². The number of piperidine rings is 1. The van der Waals surface area contributed by atoms with E-state index >= 15 is 0 Å². The molecule has 2 heterocycles. The van der Waals surface area contributed by atoms with E-state index in [9.17, 15) is 9.59 Å². The van der Waals surface area contributed by atoms with Crippen LogP contribution in [-0.2, 0) is 16.0 Å². The largest absolute Gasteiger partial charge is 0.355 e. The van der Waals surface area contributed by atoms with Gasteiger partial charge in [-0.05, 0) is 25.7 Å². The zero-order valence-corrected chi connectivity index (χ0v) is 12.9. The topological polar surface area (TPSA) is 62.3 Å². The van der Waals surface area contributed by atoms with Crippen molar-refractivity contribution in [3.63, 3.8) is 0 Å². The summed E-state index contributed by atoms with van der Waals surface area (Å²) < 4.78 is 0. The summed E-state index contributed by atoms with van der Waals surface area (Å²) in [6.45, 7) is 2.11. The maximum atomic E-state index is 12.1. The van der Waals surface area contributed by atoms with Gasteiger partial charge in [0.25, 0.3) is 0 Å². The van der Waals surface area contributed by atoms with Crippen LogP contribution in [0.3, 0.4) is 0 Å². The molecule has 1 aliphatic heterocycles. The highest BCUT2D eigenvalue weighted by molar-refractivity contribution is 7.07. The molecule has 0 aromatic carbocycles. The molecule has 1 aliphatic carbocycles. The van der Waals surface area contributed by atoms with Crippen molar-refractivity contribution in [1.82, 2.24) is 15.2 Å². The van der Waals surface area contributed by atoms with Crippen molar-refractivity contribution in [3.05, 3.63) is 16.6 Å². The first kappa shape index (κ1) is 14.5. The Bertz CT molecular complexity index is 491. The third kappa shape index (κ3) is 3.81. The summed E-state index contributed by atoms with van der Waals surface area (Å²) in [7, 11) is 0. The molecule has 3 rings (SSSR count). The van der Waals surface area contributed by atoms with Gasteiger partial charge in [-0.2, -0.15) is 0 Å². The molecule has 114 valence electrons. The zero-order valence-electron chi connectivity index (χ0n) is 12.1. The summed E-state index contributed by atoms with van der Waals surface area (Å²) in [6, 6.07) is 0. The van der Waals surface area contributed by atoms with Gasteiger partial charge in [0, 0.05) is 43.3 Å². The smallest absolute Gasteiger partial charge is 0.225 e. The summed E-state index contributed by atoms with van der Waals surface area (Å²) in [4.78, 5) is 30.2. The van der Waals surface area contributed by atoms with Crippen molar-refractivity contribution in [1.29, 1.82) is 0 Å². The molecule has 1 aromatic heterocycles. The van der Waals surface area contributed by atoms with Crippen LogP contribution >= 0.6 is 11.3 Å². The van der Waals surface area contributed by atoms with Gasteiger partial charge in [-0.1, -0.05) is 0 Å². The fourth-order valence-electron chi connectivity index (χ4n) is 2.77. The van der Waals surface area contributed by atoms with E-state index in [4.69, 9.17) is 0 Å². The third-order valence-corrected chi connectivity index (χ3v) is 4.90. The minimum Gasteiger partial charge on any atom is -0.355 e. The van der Waals surface area contributed by atoms with E-state index in [2.05, 4.69) is 10.3 Å². The van der Waals surface area contributed by atoms with Gasteiger partial charge in [-0.15, -0.1) is 11.3 Å². The first-order valence-electron chi connectivity index (χ1n) is 7.67. The summed E-state index contributed by atoms with van der Waals surface area (Å²) >= 11 is 1.58. The lowest BCUT2D eigenvalue weighted by Crippen LogP contribution is -2.43. The normalized spacial score (nSPS) is 19.5. The Hall–Kier alpha value is -1.43. The average Bonchev–Trinajstić information content (AvgIpc) is 3.24. The lowest BCUT2D eigenvalue weighted by atomic mass is 9.95. The second-order valence-electron chi connectivity index (χ2n) is 5.89. The number of hydrogen-bond donors (Lipinski definition) is 1. The summed E-state index contributed by atoms with van der Waals surface area (Å²) in [5.41, 5.74) is 2.84. The van der Waals surface area contributed by atoms with E-state index < -0.39 is 0 Å². The van der Waals surface area contributed by atoms with Gasteiger partial charge in [0.15, 0.2) is 0 Å². The average molecular weight is 307 g/mol. The first-order chi connectivity index (χ1) is 10.2. The maximum Gasteiger partial charge on any atom is 0.225 e. The Morgan fingerprint density at radius 3 is 2.62 bits per heavy atom. The highest BCUT2D eigenvalue weighted by Gasteiger charge is 2.35. The Morgan fingerprint density at radius 1 is 1.24 bits per heavy atom. The molecule has 5 nitrogen and oxygen atoms in total. The van der Waals surface area contributed by atoms with Gasteiger partial charge in [-0.25, -0.2) is 4.98 Å². The number of aromatic nitrogens is 1. The highest BCUT2D eigenvalue weighted by Crippen LogP contribution is 2.32. The van der Waals surface area contributed by atoms with Crippen LogP contribution in [0.1, 0.15) is 31.4 Å². The van der Waals surface area contributed by atoms with Crippen molar-refractivity contribution in [2.45, 2.75) is 32.1 Å². The summed E-state index contributed by atoms with van der Waals surface area (Å²) in [5, 5.41) is 5.00. The zero-order chi connectivity index (χ0) is 14.7. The van der Waals surface area contributed by atoms with E-state index in [1.807, 2.05) is 15.8 Å². The van der Waals surface area contributed by atoms with Gasteiger partial charge in [0.2, 0.25) is 11.8 Å². The molecule has 1 saturated heterocycles. The van der Waals surface area contributed by atoms with Crippen LogP contribution in [-0.4, -0.2) is 41.3 Å². The Balaban J connectivity index is 1.37. The molecule has 21 heavy (non-hydrogen) atoms. The standard InChI is InChI=1S/C15H21N3O2S/c19-14(16-6-3-13-9-21-10-17-13)11-4-7-18(8-5-11)15(20)12-1-2-12/h9-12H,1-8H2,(H,16,19). The number of amides is 2. The number of hydrogen-bond acceptors (Lipinski definition) is 4. The molecule has 0 radical (unpaired) electrons. The van der Waals surface area contributed by atoms with Crippen molar-refractivity contribution >= 4 is 23.2 Å². The molecule has 1 saturated carbocycles. The second kappa shape index (κ2) is 6.56. The quantitative estimate of drug-likeness (QED) is 0.895. The first-order valence-corrected chi connectivity index (χ1v) is 8.62. The molecule has 2 amide bonds. The van der Waals surface area contributed by atoms with E-state index in [0.29, 0.717) is 12.5 Å². The van der Waals surface area contributed by atoms with Crippen LogP contribution < -0.4 is 5.32 Å². The Morgan fingerprint density at radius 2 is 2.00 bits per heavy atom. The lowest BCUT2D eigenvalue weighted by Gasteiger charge is -2.31. The van der Waals surface area contributed by atoms with Crippen LogP contribution in [0, 0.1) is 11.8 Å². The second-order valence-corrected chi connectivity index (χ2v) is 6.61. The van der Waals surface area contributed by atoms with Gasteiger partial charge in [0.05, 0.1) is 11.2 Å². The molecule has 0 atom stereocenters. The monoisotopic (exact) mass is 307 g/mol. The van der Waals surface area contributed by atoms with Crippen molar-refractivity contribution < 1.29 is 9.59 Å². The number of carbonyl (C=O) groups is 2. The lowest BCUT2D eigenvalue weighted by molar-refractivity contribution is -0.136. The number of nitrogens with zero attached hydrogens (tertiary/aromatic N) is 2. The number of nitrogens with one attached hydrogen (secondary N) is 1. The molecule has 0 spiro atoms. The predicted molar refractivity (Wildman–Crippen MR) is 80.9 cm³/mol. The molecule has 6 heteroatoms. The Labute approximate surface area is 128 Å². The van der Waals surface area contributed by atoms with Crippen LogP contribution in [0.25, 0.3) is 0 Å². The molecule has 0 unspecified atom stereocenters. The van der Waals surface area contributed by atoms with Crippen LogP contribution in [0.5, 0.6) is 0 Å². The molecule has 2 fully saturated rings. The van der Waals surface area contributed by atoms with Crippen LogP contribution in [0.15, 0.2) is 10.9 Å². The third-order valence-electron chi connectivity index (χ3n) is 4.27. The van der Waals surface area contributed by atoms with Crippen molar-refractivity contribution in [3.8, 4) is 0 Å². The molecule has 2 aliphatic rings. The molecule has 0 bridgehead atoms. The fourth-order valence-corrected chi connectivity index (χ4v) is 3.36. The van der Waals surface area contributed by atoms with Crippen LogP contribution in [0.4, 0.5) is 0 Å². The van der Waals surface area contributed by atoms with E-state index in [1.165, 1.54) is 0 Å². The molecular formula is C15H21N3O2S. The molecule has 1 aromatic rings. The van der Waals surface area contributed by atoms with Gasteiger partial charge >= 0.3 is 0 Å². The SMILES string of the molecule is O=C(NCCc1cscn1)C1CCN(C(=O)C2CC2)CC1. The van der Waals surface area contributed by atoms with Crippen LogP contribution in [0.2, 0.25) is 0 Å². The molecular weight excluding hydrogens is 286 g/mol. The van der Waals surface area contributed by atoms with Crippen molar-refractivity contribution in [2.75, 3.05) is 19.6 Å². The highest BCUT2D eigenvalue weighted by atomic mass is 32.1.